The van der Waals surface area contributed by atoms with Crippen LogP contribution in [0.1, 0.15) is 19.3 Å². The van der Waals surface area contributed by atoms with Gasteiger partial charge in [0.1, 0.15) is 6.79 Å². The molecule has 3 heteroatoms. The fourth-order valence-electron chi connectivity index (χ4n) is 1.18. The zero-order valence-electron chi connectivity index (χ0n) is 7.24. The molecule has 0 saturated carbocycles. The summed E-state index contributed by atoms with van der Waals surface area (Å²) in [5.74, 6) is 0. The molecule has 0 aromatic carbocycles. The summed E-state index contributed by atoms with van der Waals surface area (Å²) in [5.41, 5.74) is 0. The van der Waals surface area contributed by atoms with Crippen molar-refractivity contribution in [2.24, 2.45) is 0 Å². The Labute approximate surface area is 73.0 Å². The van der Waals surface area contributed by atoms with Gasteiger partial charge in [0.2, 0.25) is 0 Å². The molecule has 1 unspecified atom stereocenters. The van der Waals surface area contributed by atoms with Gasteiger partial charge in [-0.1, -0.05) is 12.2 Å². The quantitative estimate of drug-likeness (QED) is 0.383. The molecule has 12 heavy (non-hydrogen) atoms. The maximum absolute atomic E-state index is 8.41. The van der Waals surface area contributed by atoms with E-state index in [0.29, 0.717) is 6.61 Å². The Morgan fingerprint density at radius 3 is 3.08 bits per heavy atom. The minimum absolute atomic E-state index is 0.0594. The van der Waals surface area contributed by atoms with Crippen molar-refractivity contribution < 1.29 is 14.6 Å². The van der Waals surface area contributed by atoms with Crippen LogP contribution in [0, 0.1) is 0 Å². The van der Waals surface area contributed by atoms with E-state index in [4.69, 9.17) is 14.6 Å². The SMILES string of the molecule is OCCOCOC1C=CCCC1. The molecule has 1 atom stereocenters. The van der Waals surface area contributed by atoms with Crippen molar-refractivity contribution >= 4 is 0 Å². The van der Waals surface area contributed by atoms with E-state index in [1.54, 1.807) is 0 Å². The Hall–Kier alpha value is -0.380. The normalized spacial score (nSPS) is 22.9. The van der Waals surface area contributed by atoms with E-state index in [1.165, 1.54) is 6.42 Å². The van der Waals surface area contributed by atoms with Crippen LogP contribution in [0.4, 0.5) is 0 Å². The smallest absolute Gasteiger partial charge is 0.147 e. The average Bonchev–Trinajstić information content (AvgIpc) is 2.14. The van der Waals surface area contributed by atoms with E-state index in [-0.39, 0.29) is 19.5 Å². The molecule has 0 amide bonds. The first-order valence-corrected chi connectivity index (χ1v) is 4.40. The lowest BCUT2D eigenvalue weighted by molar-refractivity contribution is -0.0849. The number of allylic oxidation sites excluding steroid dienone is 1. The Kier molecular flexibility index (Phi) is 4.99. The molecule has 1 rings (SSSR count). The third-order valence-electron chi connectivity index (χ3n) is 1.81. The maximum Gasteiger partial charge on any atom is 0.147 e. The molecule has 0 aromatic rings. The van der Waals surface area contributed by atoms with Gasteiger partial charge in [-0.25, -0.2) is 0 Å². The molecule has 70 valence electrons. The second-order valence-electron chi connectivity index (χ2n) is 2.81. The second-order valence-corrected chi connectivity index (χ2v) is 2.81. The largest absolute Gasteiger partial charge is 0.394 e. The third-order valence-corrected chi connectivity index (χ3v) is 1.81. The summed E-state index contributed by atoms with van der Waals surface area (Å²) in [5, 5.41) is 8.41. The number of ether oxygens (including phenoxy) is 2. The number of rotatable bonds is 5. The third kappa shape index (κ3) is 3.85. The van der Waals surface area contributed by atoms with E-state index in [9.17, 15) is 0 Å². The van der Waals surface area contributed by atoms with Crippen LogP contribution < -0.4 is 0 Å². The van der Waals surface area contributed by atoms with Gasteiger partial charge in [0, 0.05) is 0 Å². The Morgan fingerprint density at radius 1 is 1.50 bits per heavy atom. The molecule has 0 aliphatic heterocycles. The highest BCUT2D eigenvalue weighted by Crippen LogP contribution is 2.12. The molecule has 1 aliphatic carbocycles. The minimum atomic E-state index is 0.0594. The lowest BCUT2D eigenvalue weighted by atomic mass is 10.1. The maximum atomic E-state index is 8.41. The Morgan fingerprint density at radius 2 is 2.42 bits per heavy atom. The summed E-state index contributed by atoms with van der Waals surface area (Å²) in [4.78, 5) is 0. The van der Waals surface area contributed by atoms with Crippen molar-refractivity contribution in [1.82, 2.24) is 0 Å². The van der Waals surface area contributed by atoms with Crippen molar-refractivity contribution in [3.8, 4) is 0 Å². The first-order chi connectivity index (χ1) is 5.93. The molecule has 0 radical (unpaired) electrons. The Bertz CT molecular complexity index is 134. The lowest BCUT2D eigenvalue weighted by Gasteiger charge is -2.16. The van der Waals surface area contributed by atoms with Crippen molar-refractivity contribution in [1.29, 1.82) is 0 Å². The van der Waals surface area contributed by atoms with Crippen LogP contribution in [0.2, 0.25) is 0 Å². The molecule has 0 heterocycles. The predicted octanol–water partition coefficient (Wildman–Crippen LogP) is 1.08. The van der Waals surface area contributed by atoms with Crippen molar-refractivity contribution in [3.63, 3.8) is 0 Å². The average molecular weight is 172 g/mol. The van der Waals surface area contributed by atoms with E-state index in [0.717, 1.165) is 12.8 Å². The summed E-state index contributed by atoms with van der Waals surface area (Å²) < 4.78 is 10.3. The van der Waals surface area contributed by atoms with Crippen molar-refractivity contribution in [3.05, 3.63) is 12.2 Å². The van der Waals surface area contributed by atoms with E-state index < -0.39 is 0 Å². The van der Waals surface area contributed by atoms with Crippen LogP contribution in [0.3, 0.4) is 0 Å². The van der Waals surface area contributed by atoms with E-state index in [1.807, 2.05) is 0 Å². The van der Waals surface area contributed by atoms with E-state index in [2.05, 4.69) is 12.2 Å². The van der Waals surface area contributed by atoms with Crippen molar-refractivity contribution in [2.75, 3.05) is 20.0 Å². The molecular weight excluding hydrogens is 156 g/mol. The summed E-state index contributed by atoms with van der Waals surface area (Å²) in [6, 6.07) is 0. The van der Waals surface area contributed by atoms with Gasteiger partial charge < -0.3 is 14.6 Å². The predicted molar refractivity (Wildman–Crippen MR) is 45.8 cm³/mol. The highest BCUT2D eigenvalue weighted by Gasteiger charge is 2.07. The van der Waals surface area contributed by atoms with Crippen LogP contribution in [-0.2, 0) is 9.47 Å². The van der Waals surface area contributed by atoms with Gasteiger partial charge in [-0.2, -0.15) is 0 Å². The van der Waals surface area contributed by atoms with Crippen LogP contribution in [0.25, 0.3) is 0 Å². The van der Waals surface area contributed by atoms with Gasteiger partial charge in [0.15, 0.2) is 0 Å². The fourth-order valence-corrected chi connectivity index (χ4v) is 1.18. The second kappa shape index (κ2) is 6.17. The van der Waals surface area contributed by atoms with Crippen LogP contribution in [-0.4, -0.2) is 31.2 Å². The molecule has 3 nitrogen and oxygen atoms in total. The van der Waals surface area contributed by atoms with Crippen molar-refractivity contribution in [2.45, 2.75) is 25.4 Å². The molecule has 1 aliphatic rings. The molecule has 0 spiro atoms. The summed E-state index contributed by atoms with van der Waals surface area (Å²) in [6.07, 6.45) is 7.88. The highest BCUT2D eigenvalue weighted by atomic mass is 16.7. The molecule has 0 bridgehead atoms. The monoisotopic (exact) mass is 172 g/mol. The van der Waals surface area contributed by atoms with E-state index >= 15 is 0 Å². The molecule has 0 saturated heterocycles. The molecule has 1 N–H and O–H groups in total. The molecular formula is C9H16O3. The Balaban J connectivity index is 1.98. The molecule has 0 fully saturated rings. The summed E-state index contributed by atoms with van der Waals surface area (Å²) >= 11 is 0. The fraction of sp³-hybridized carbons (Fsp3) is 0.778. The van der Waals surface area contributed by atoms with Gasteiger partial charge >= 0.3 is 0 Å². The molecule has 0 aromatic heterocycles. The standard InChI is InChI=1S/C9H16O3/c10-6-7-11-8-12-9-4-2-1-3-5-9/h2,4,9-10H,1,3,5-8H2. The zero-order valence-corrected chi connectivity index (χ0v) is 7.24. The number of aliphatic hydroxyl groups excluding tert-OH is 1. The number of aliphatic hydroxyl groups is 1. The van der Waals surface area contributed by atoms with Gasteiger partial charge in [0.25, 0.3) is 0 Å². The topological polar surface area (TPSA) is 38.7 Å². The lowest BCUT2D eigenvalue weighted by Crippen LogP contribution is -2.15. The van der Waals surface area contributed by atoms with Gasteiger partial charge in [-0.05, 0) is 19.3 Å². The highest BCUT2D eigenvalue weighted by molar-refractivity contribution is 4.93. The van der Waals surface area contributed by atoms with Crippen LogP contribution >= 0.6 is 0 Å². The minimum Gasteiger partial charge on any atom is -0.394 e. The first kappa shape index (κ1) is 9.71. The summed E-state index contributed by atoms with van der Waals surface area (Å²) in [6.45, 7) is 0.704. The number of hydrogen-bond donors (Lipinski definition) is 1. The van der Waals surface area contributed by atoms with Crippen LogP contribution in [0.15, 0.2) is 12.2 Å². The van der Waals surface area contributed by atoms with Gasteiger partial charge in [-0.15, -0.1) is 0 Å². The van der Waals surface area contributed by atoms with Gasteiger partial charge in [-0.3, -0.25) is 0 Å². The summed E-state index contributed by atoms with van der Waals surface area (Å²) in [7, 11) is 0. The first-order valence-electron chi connectivity index (χ1n) is 4.40. The number of hydrogen-bond acceptors (Lipinski definition) is 3. The van der Waals surface area contributed by atoms with Crippen LogP contribution in [0.5, 0.6) is 0 Å². The van der Waals surface area contributed by atoms with Gasteiger partial charge in [0.05, 0.1) is 19.3 Å². The zero-order chi connectivity index (χ0) is 8.65.